The second-order valence-electron chi connectivity index (χ2n) is 11.9. The summed E-state index contributed by atoms with van der Waals surface area (Å²) in [5.41, 5.74) is 2.30. The number of fused-ring (bicyclic) bond motifs is 1. The SMILES string of the molecule is BC(B)(/C=C\CCCCC)/C=C\CCCCCCCC(=O)Oc1cccc2[nH]cc(C[C@H]3CCCN3C)c12. The van der Waals surface area contributed by atoms with Gasteiger partial charge in [-0.25, -0.2) is 0 Å². The fourth-order valence-electron chi connectivity index (χ4n) is 5.53. The molecule has 1 N–H and O–H groups in total. The summed E-state index contributed by atoms with van der Waals surface area (Å²) < 4.78 is 5.87. The molecule has 1 aliphatic heterocycles. The van der Waals surface area contributed by atoms with Crippen molar-refractivity contribution in [3.8, 4) is 5.75 Å². The van der Waals surface area contributed by atoms with Crippen LogP contribution in [0.1, 0.15) is 96.0 Å². The molecule has 3 rings (SSSR count). The Labute approximate surface area is 233 Å². The molecular weight excluding hydrogens is 466 g/mol. The van der Waals surface area contributed by atoms with Crippen LogP contribution in [0.15, 0.2) is 48.7 Å². The Morgan fingerprint density at radius 2 is 1.79 bits per heavy atom. The first-order chi connectivity index (χ1) is 18.4. The van der Waals surface area contributed by atoms with Crippen molar-refractivity contribution in [3.05, 3.63) is 54.3 Å². The Balaban J connectivity index is 1.32. The maximum Gasteiger partial charge on any atom is 0.311 e. The maximum atomic E-state index is 12.6. The fourth-order valence-corrected chi connectivity index (χ4v) is 5.53. The lowest BCUT2D eigenvalue weighted by molar-refractivity contribution is -0.134. The molecule has 206 valence electrons. The van der Waals surface area contributed by atoms with Crippen LogP contribution in [-0.2, 0) is 11.2 Å². The molecule has 0 bridgehead atoms. The Morgan fingerprint density at radius 3 is 2.50 bits per heavy atom. The number of esters is 1. The maximum absolute atomic E-state index is 12.6. The van der Waals surface area contributed by atoms with Crippen molar-refractivity contribution in [3.63, 3.8) is 0 Å². The third-order valence-electron chi connectivity index (χ3n) is 7.92. The van der Waals surface area contributed by atoms with E-state index >= 15 is 0 Å². The molecule has 0 radical (unpaired) electrons. The number of benzene rings is 1. The minimum absolute atomic E-state index is 0.115. The number of nitrogens with zero attached hydrogens (tertiary/aromatic N) is 1. The number of hydrogen-bond acceptors (Lipinski definition) is 3. The lowest BCUT2D eigenvalue weighted by Gasteiger charge is -2.19. The number of unbranched alkanes of at least 4 members (excludes halogenated alkanes) is 8. The van der Waals surface area contributed by atoms with Gasteiger partial charge in [0, 0.05) is 29.6 Å². The molecule has 0 saturated carbocycles. The molecule has 1 aromatic heterocycles. The number of likely N-dealkylation sites (N-methyl/N-ethyl adjacent to an activating group) is 1. The highest BCUT2D eigenvalue weighted by Gasteiger charge is 2.23. The molecule has 2 heterocycles. The molecule has 6 heteroatoms. The molecule has 4 nitrogen and oxygen atoms in total. The highest BCUT2D eigenvalue weighted by atomic mass is 16.5. The summed E-state index contributed by atoms with van der Waals surface area (Å²) in [5.74, 6) is 0.588. The number of ether oxygens (including phenoxy) is 1. The van der Waals surface area contributed by atoms with Crippen LogP contribution in [0.25, 0.3) is 10.9 Å². The molecule has 1 saturated heterocycles. The topological polar surface area (TPSA) is 45.3 Å². The van der Waals surface area contributed by atoms with Crippen molar-refractivity contribution in [1.29, 1.82) is 0 Å². The van der Waals surface area contributed by atoms with Crippen LogP contribution in [0, 0.1) is 0 Å². The summed E-state index contributed by atoms with van der Waals surface area (Å²) in [6, 6.07) is 6.53. The van der Waals surface area contributed by atoms with Crippen molar-refractivity contribution in [2.75, 3.05) is 13.6 Å². The molecule has 1 aliphatic rings. The zero-order chi connectivity index (χ0) is 27.2. The number of likely N-dealkylation sites (tertiary alicyclic amines) is 1. The van der Waals surface area contributed by atoms with Crippen LogP contribution >= 0.6 is 0 Å². The van der Waals surface area contributed by atoms with Gasteiger partial charge in [0.2, 0.25) is 0 Å². The van der Waals surface area contributed by atoms with Crippen LogP contribution < -0.4 is 4.74 Å². The number of nitrogens with one attached hydrogen (secondary N) is 1. The number of H-pyrrole nitrogens is 1. The summed E-state index contributed by atoms with van der Waals surface area (Å²) in [6.45, 7) is 3.42. The van der Waals surface area contributed by atoms with Crippen LogP contribution in [0.3, 0.4) is 0 Å². The van der Waals surface area contributed by atoms with E-state index in [-0.39, 0.29) is 11.2 Å². The zero-order valence-corrected chi connectivity index (χ0v) is 24.6. The van der Waals surface area contributed by atoms with E-state index in [1.165, 1.54) is 69.9 Å². The van der Waals surface area contributed by atoms with Crippen molar-refractivity contribution >= 4 is 32.6 Å². The van der Waals surface area contributed by atoms with Crippen LogP contribution in [-0.4, -0.2) is 51.2 Å². The van der Waals surface area contributed by atoms with Crippen molar-refractivity contribution in [2.24, 2.45) is 0 Å². The van der Waals surface area contributed by atoms with E-state index in [0.717, 1.165) is 36.6 Å². The molecular formula is C32H50B2N2O2. The number of carbonyl (C=O) groups is 1. The van der Waals surface area contributed by atoms with E-state index < -0.39 is 0 Å². The van der Waals surface area contributed by atoms with E-state index in [2.05, 4.69) is 76.1 Å². The highest BCUT2D eigenvalue weighted by Crippen LogP contribution is 2.32. The Bertz CT molecular complexity index is 1040. The van der Waals surface area contributed by atoms with Crippen molar-refractivity contribution in [1.82, 2.24) is 9.88 Å². The largest absolute Gasteiger partial charge is 0.426 e. The minimum atomic E-state index is -0.115. The number of aromatic amines is 1. The van der Waals surface area contributed by atoms with Crippen LogP contribution in [0.4, 0.5) is 0 Å². The quantitative estimate of drug-likeness (QED) is 0.0857. The summed E-state index contributed by atoms with van der Waals surface area (Å²) in [5, 5.41) is 1.22. The molecule has 0 amide bonds. The van der Waals surface area contributed by atoms with E-state index in [0.29, 0.717) is 18.2 Å². The fraction of sp³-hybridized carbons (Fsp3) is 0.594. The number of allylic oxidation sites excluding steroid dienone is 4. The first-order valence-corrected chi connectivity index (χ1v) is 15.2. The Morgan fingerprint density at radius 1 is 1.08 bits per heavy atom. The smallest absolute Gasteiger partial charge is 0.311 e. The average molecular weight is 516 g/mol. The minimum Gasteiger partial charge on any atom is -0.426 e. The highest BCUT2D eigenvalue weighted by molar-refractivity contribution is 6.42. The lowest BCUT2D eigenvalue weighted by atomic mass is 9.54. The molecule has 1 aromatic carbocycles. The van der Waals surface area contributed by atoms with E-state index in [1.807, 2.05) is 12.1 Å². The third-order valence-corrected chi connectivity index (χ3v) is 7.92. The van der Waals surface area contributed by atoms with Crippen LogP contribution in [0.2, 0.25) is 5.21 Å². The van der Waals surface area contributed by atoms with Gasteiger partial charge in [-0.2, -0.15) is 0 Å². The summed E-state index contributed by atoms with van der Waals surface area (Å²) in [4.78, 5) is 18.4. The average Bonchev–Trinajstić information content (AvgIpc) is 3.49. The summed E-state index contributed by atoms with van der Waals surface area (Å²) >= 11 is 0. The molecule has 1 fully saturated rings. The van der Waals surface area contributed by atoms with Gasteiger partial charge in [0.1, 0.15) is 21.4 Å². The van der Waals surface area contributed by atoms with Gasteiger partial charge in [-0.3, -0.25) is 4.79 Å². The zero-order valence-electron chi connectivity index (χ0n) is 24.6. The predicted molar refractivity (Wildman–Crippen MR) is 168 cm³/mol. The summed E-state index contributed by atoms with van der Waals surface area (Å²) in [6.07, 6.45) is 27.3. The van der Waals surface area contributed by atoms with Crippen molar-refractivity contribution < 1.29 is 9.53 Å². The van der Waals surface area contributed by atoms with Gasteiger partial charge in [0.15, 0.2) is 0 Å². The van der Waals surface area contributed by atoms with Gasteiger partial charge in [-0.05, 0) is 82.7 Å². The van der Waals surface area contributed by atoms with Gasteiger partial charge in [-0.15, -0.1) is 0 Å². The Kier molecular flexibility index (Phi) is 12.8. The van der Waals surface area contributed by atoms with Gasteiger partial charge in [0.25, 0.3) is 0 Å². The van der Waals surface area contributed by atoms with Gasteiger partial charge < -0.3 is 14.6 Å². The second kappa shape index (κ2) is 16.0. The van der Waals surface area contributed by atoms with Crippen LogP contribution in [0.5, 0.6) is 5.75 Å². The van der Waals surface area contributed by atoms with Crippen molar-refractivity contribution in [2.45, 2.75) is 108 Å². The molecule has 0 spiro atoms. The van der Waals surface area contributed by atoms with E-state index in [1.54, 1.807) is 0 Å². The molecule has 38 heavy (non-hydrogen) atoms. The van der Waals surface area contributed by atoms with E-state index in [4.69, 9.17) is 4.74 Å². The molecule has 0 unspecified atom stereocenters. The van der Waals surface area contributed by atoms with E-state index in [9.17, 15) is 4.79 Å². The molecule has 0 aliphatic carbocycles. The first-order valence-electron chi connectivity index (χ1n) is 15.2. The predicted octanol–water partition coefficient (Wildman–Crippen LogP) is 6.52. The number of aromatic nitrogens is 1. The van der Waals surface area contributed by atoms with Gasteiger partial charge >= 0.3 is 5.97 Å². The number of carbonyl (C=O) groups excluding carboxylic acids is 1. The first kappa shape index (κ1) is 30.3. The van der Waals surface area contributed by atoms with Gasteiger partial charge in [0.05, 0.1) is 0 Å². The lowest BCUT2D eigenvalue weighted by Crippen LogP contribution is -2.26. The number of hydrogen-bond donors (Lipinski definition) is 1. The Hall–Kier alpha value is -2.20. The third kappa shape index (κ3) is 10.2. The normalized spacial score (nSPS) is 16.8. The standard InChI is InChI=1S/C32H50B2N2O2/c1-3-4-5-10-13-21-32(33,34)22-14-11-8-6-7-9-12-20-30(37)38-29-19-15-18-28-31(29)26(25-35-28)24-27-17-16-23-36(27)2/h13-15,18-19,21-22,25,27,35H,3-12,16-17,20,23-24,33-34H2,1-2H3/b21-13-,22-14-/t27-/m1/s1. The summed E-state index contributed by atoms with van der Waals surface area (Å²) in [7, 11) is 6.77. The van der Waals surface area contributed by atoms with Gasteiger partial charge in [-0.1, -0.05) is 74.6 Å². The monoisotopic (exact) mass is 516 g/mol. The molecule has 1 atom stereocenters. The molecule has 2 aromatic rings. The second-order valence-corrected chi connectivity index (χ2v) is 11.9. The number of rotatable bonds is 17.